The average Bonchev–Trinajstić information content (AvgIpc) is 3.62. The lowest BCUT2D eigenvalue weighted by atomic mass is 10.1. The number of aromatic amines is 1. The maximum Gasteiger partial charge on any atom is 0.354 e. The number of pyridine rings is 1. The Balaban J connectivity index is 1.19. The van der Waals surface area contributed by atoms with E-state index in [2.05, 4.69) is 20.3 Å². The number of nitro groups is 1. The van der Waals surface area contributed by atoms with Gasteiger partial charge in [-0.15, -0.1) is 11.8 Å². The van der Waals surface area contributed by atoms with Crippen LogP contribution in [-0.4, -0.2) is 60.2 Å². The van der Waals surface area contributed by atoms with Gasteiger partial charge in [0.25, 0.3) is 11.6 Å². The Bertz CT molecular complexity index is 1780. The van der Waals surface area contributed by atoms with Gasteiger partial charge >= 0.3 is 11.9 Å². The zero-order chi connectivity index (χ0) is 29.1. The molecule has 0 radical (unpaired) electrons. The van der Waals surface area contributed by atoms with E-state index < -0.39 is 16.9 Å². The number of thioether (sulfide) groups is 1. The molecule has 0 saturated heterocycles. The molecule has 2 aromatic carbocycles. The lowest BCUT2D eigenvalue weighted by Gasteiger charge is -2.07. The van der Waals surface area contributed by atoms with Crippen LogP contribution >= 0.6 is 11.8 Å². The predicted octanol–water partition coefficient (Wildman–Crippen LogP) is 4.71. The molecule has 5 aromatic rings. The van der Waals surface area contributed by atoms with Crippen molar-refractivity contribution in [3.05, 3.63) is 93.8 Å². The summed E-state index contributed by atoms with van der Waals surface area (Å²) in [6.45, 7) is 0.251. The van der Waals surface area contributed by atoms with Gasteiger partial charge in [0.15, 0.2) is 11.6 Å². The second kappa shape index (κ2) is 11.3. The molecule has 3 heterocycles. The first-order chi connectivity index (χ1) is 19.7. The number of aromatic nitrogens is 3. The number of H-pyrrole nitrogens is 1. The number of benzene rings is 2. The molecule has 0 fully saturated rings. The molecular weight excluding hydrogens is 554 g/mol. The highest BCUT2D eigenvalue weighted by Crippen LogP contribution is 2.29. The number of hydrogen-bond acceptors (Lipinski definition) is 9. The number of aromatic carboxylic acids is 2. The molecule has 5 rings (SSSR count). The van der Waals surface area contributed by atoms with Gasteiger partial charge in [0.1, 0.15) is 17.1 Å². The SMILES string of the molecule is O=C(NCCSc1cc(C(=O)O)nc(C(=O)O)c1)c1ccc(-c2ccc(-c3nc4cc([N+](=O)[O-])ccc4[nH]3)o2)cc1. The summed E-state index contributed by atoms with van der Waals surface area (Å²) in [4.78, 5) is 56.9. The largest absolute Gasteiger partial charge is 0.477 e. The van der Waals surface area contributed by atoms with Crippen LogP contribution in [0.4, 0.5) is 5.69 Å². The van der Waals surface area contributed by atoms with Gasteiger partial charge in [-0.2, -0.15) is 0 Å². The lowest BCUT2D eigenvalue weighted by molar-refractivity contribution is -0.384. The molecule has 4 N–H and O–H groups in total. The molecule has 0 unspecified atom stereocenters. The van der Waals surface area contributed by atoms with E-state index in [0.29, 0.717) is 44.6 Å². The van der Waals surface area contributed by atoms with E-state index in [9.17, 15) is 24.5 Å². The number of imidazole rings is 1. The van der Waals surface area contributed by atoms with Crippen LogP contribution in [-0.2, 0) is 0 Å². The van der Waals surface area contributed by atoms with Gasteiger partial charge in [0.05, 0.1) is 16.0 Å². The van der Waals surface area contributed by atoms with Crippen molar-refractivity contribution in [3.63, 3.8) is 0 Å². The molecule has 0 bridgehead atoms. The number of furan rings is 1. The van der Waals surface area contributed by atoms with Crippen LogP contribution in [0.25, 0.3) is 33.9 Å². The first kappa shape index (κ1) is 27.1. The third kappa shape index (κ3) is 6.07. The summed E-state index contributed by atoms with van der Waals surface area (Å²) in [5, 5.41) is 32.0. The Kier molecular flexibility index (Phi) is 7.47. The molecule has 1 amide bonds. The molecule has 0 aliphatic rings. The van der Waals surface area contributed by atoms with Gasteiger partial charge in [-0.1, -0.05) is 12.1 Å². The third-order valence-electron chi connectivity index (χ3n) is 5.84. The van der Waals surface area contributed by atoms with Crippen molar-refractivity contribution in [2.24, 2.45) is 0 Å². The number of carboxylic acid groups (broad SMARTS) is 2. The minimum Gasteiger partial charge on any atom is -0.477 e. The average molecular weight is 574 g/mol. The van der Waals surface area contributed by atoms with E-state index in [-0.39, 0.29) is 29.5 Å². The van der Waals surface area contributed by atoms with Crippen molar-refractivity contribution in [1.82, 2.24) is 20.3 Å². The number of nitrogens with one attached hydrogen (secondary N) is 2. The van der Waals surface area contributed by atoms with Crippen LogP contribution in [0.3, 0.4) is 0 Å². The molecule has 0 aliphatic carbocycles. The molecule has 14 heteroatoms. The van der Waals surface area contributed by atoms with Gasteiger partial charge in [0.2, 0.25) is 0 Å². The Morgan fingerprint density at radius 3 is 2.27 bits per heavy atom. The highest BCUT2D eigenvalue weighted by Gasteiger charge is 2.16. The van der Waals surface area contributed by atoms with Crippen LogP contribution in [0.2, 0.25) is 0 Å². The number of carbonyl (C=O) groups excluding carboxylic acids is 1. The van der Waals surface area contributed by atoms with Crippen molar-refractivity contribution in [2.75, 3.05) is 12.3 Å². The van der Waals surface area contributed by atoms with E-state index in [0.717, 1.165) is 5.56 Å². The molecule has 206 valence electrons. The minimum absolute atomic E-state index is 0.0593. The number of rotatable bonds is 10. The lowest BCUT2D eigenvalue weighted by Crippen LogP contribution is -2.25. The van der Waals surface area contributed by atoms with Gasteiger partial charge in [-0.3, -0.25) is 14.9 Å². The fraction of sp³-hybridized carbons (Fsp3) is 0.0741. The predicted molar refractivity (Wildman–Crippen MR) is 147 cm³/mol. The molecule has 41 heavy (non-hydrogen) atoms. The number of fused-ring (bicyclic) bond motifs is 1. The van der Waals surface area contributed by atoms with Crippen LogP contribution in [0.1, 0.15) is 31.3 Å². The van der Waals surface area contributed by atoms with Gasteiger partial charge in [0, 0.05) is 40.5 Å². The number of carboxylic acids is 2. The van der Waals surface area contributed by atoms with Gasteiger partial charge in [-0.05, 0) is 42.5 Å². The Hall–Kier alpha value is -5.50. The van der Waals surface area contributed by atoms with Crippen LogP contribution < -0.4 is 5.32 Å². The van der Waals surface area contributed by atoms with Crippen molar-refractivity contribution < 1.29 is 33.9 Å². The van der Waals surface area contributed by atoms with Crippen LogP contribution in [0.5, 0.6) is 0 Å². The maximum absolute atomic E-state index is 12.6. The van der Waals surface area contributed by atoms with Crippen molar-refractivity contribution in [1.29, 1.82) is 0 Å². The molecule has 0 aliphatic heterocycles. The summed E-state index contributed by atoms with van der Waals surface area (Å²) in [6.07, 6.45) is 0. The van der Waals surface area contributed by atoms with Gasteiger partial charge in [-0.25, -0.2) is 19.6 Å². The van der Waals surface area contributed by atoms with Crippen LogP contribution in [0.15, 0.2) is 76.0 Å². The topological polar surface area (TPSA) is 202 Å². The van der Waals surface area contributed by atoms with E-state index in [4.69, 9.17) is 14.6 Å². The number of carbonyl (C=O) groups is 3. The molecule has 3 aromatic heterocycles. The Morgan fingerprint density at radius 2 is 1.61 bits per heavy atom. The summed E-state index contributed by atoms with van der Waals surface area (Å²) in [5.74, 6) is -1.21. The molecule has 0 spiro atoms. The van der Waals surface area contributed by atoms with E-state index >= 15 is 0 Å². The third-order valence-corrected chi connectivity index (χ3v) is 6.82. The number of non-ortho nitro benzene ring substituents is 1. The summed E-state index contributed by atoms with van der Waals surface area (Å²) < 4.78 is 5.92. The summed E-state index contributed by atoms with van der Waals surface area (Å²) >= 11 is 1.19. The summed E-state index contributed by atoms with van der Waals surface area (Å²) in [5.41, 5.74) is 1.40. The zero-order valence-electron chi connectivity index (χ0n) is 20.9. The normalized spacial score (nSPS) is 10.9. The number of amides is 1. The number of hydrogen-bond donors (Lipinski definition) is 4. The van der Waals surface area contributed by atoms with Crippen molar-refractivity contribution in [3.8, 4) is 22.9 Å². The minimum atomic E-state index is -1.33. The highest BCUT2D eigenvalue weighted by molar-refractivity contribution is 7.99. The number of nitrogens with zero attached hydrogens (tertiary/aromatic N) is 3. The van der Waals surface area contributed by atoms with E-state index in [1.165, 1.54) is 36.0 Å². The fourth-order valence-corrected chi connectivity index (χ4v) is 4.70. The second-order valence-corrected chi connectivity index (χ2v) is 9.74. The van der Waals surface area contributed by atoms with Crippen molar-refractivity contribution >= 4 is 46.3 Å². The van der Waals surface area contributed by atoms with Crippen LogP contribution in [0, 0.1) is 10.1 Å². The molecule has 0 saturated carbocycles. The standard InChI is InChI=1S/C27H19N5O8S/c33-25(28-9-10-41-17-12-20(26(34)35)29-21(13-17)27(36)37)15-3-1-14(2-4-15)22-7-8-23(40-22)24-30-18-6-5-16(32(38)39)11-19(18)31-24/h1-8,11-13H,9-10H2,(H,28,33)(H,30,31)(H,34,35)(H,36,37). The first-order valence-electron chi connectivity index (χ1n) is 11.9. The van der Waals surface area contributed by atoms with E-state index in [1.54, 1.807) is 42.5 Å². The van der Waals surface area contributed by atoms with Crippen molar-refractivity contribution in [2.45, 2.75) is 4.90 Å². The number of nitro benzene ring substituents is 1. The zero-order valence-corrected chi connectivity index (χ0v) is 21.7. The quantitative estimate of drug-likeness (QED) is 0.0780. The molecule has 0 atom stereocenters. The molecular formula is C27H19N5O8S. The summed E-state index contributed by atoms with van der Waals surface area (Å²) in [6, 6.07) is 17.1. The van der Waals surface area contributed by atoms with E-state index in [1.807, 2.05) is 0 Å². The smallest absolute Gasteiger partial charge is 0.354 e. The monoisotopic (exact) mass is 573 g/mol. The maximum atomic E-state index is 12.6. The highest BCUT2D eigenvalue weighted by atomic mass is 32.2. The van der Waals surface area contributed by atoms with Gasteiger partial charge < -0.3 is 24.9 Å². The Morgan fingerprint density at radius 1 is 0.927 bits per heavy atom. The Labute approximate surface area is 234 Å². The second-order valence-electron chi connectivity index (χ2n) is 8.57. The fourth-order valence-electron chi connectivity index (χ4n) is 3.87. The summed E-state index contributed by atoms with van der Waals surface area (Å²) in [7, 11) is 0. The molecule has 13 nitrogen and oxygen atoms in total. The first-order valence-corrected chi connectivity index (χ1v) is 12.9.